The smallest absolute Gasteiger partial charge is 0.123 e. The molecule has 2 rings (SSSR count). The highest BCUT2D eigenvalue weighted by molar-refractivity contribution is 5.22. The Bertz CT molecular complexity index is 451. The van der Waals surface area contributed by atoms with E-state index in [1.807, 2.05) is 18.2 Å². The van der Waals surface area contributed by atoms with Crippen LogP contribution in [0.3, 0.4) is 0 Å². The minimum Gasteiger partial charge on any atom is -0.493 e. The molecule has 0 bridgehead atoms. The van der Waals surface area contributed by atoms with Crippen molar-refractivity contribution in [2.24, 2.45) is 5.73 Å². The maximum Gasteiger partial charge on any atom is 0.123 e. The number of hydrogen-bond acceptors (Lipinski definition) is 2. The number of rotatable bonds is 4. The summed E-state index contributed by atoms with van der Waals surface area (Å²) in [5, 5.41) is 0. The van der Waals surface area contributed by atoms with Gasteiger partial charge in [0.2, 0.25) is 0 Å². The van der Waals surface area contributed by atoms with Gasteiger partial charge in [-0.05, 0) is 30.2 Å². The normalized spacial score (nSPS) is 15.2. The van der Waals surface area contributed by atoms with Crippen LogP contribution in [0.5, 0.6) is 0 Å². The summed E-state index contributed by atoms with van der Waals surface area (Å²) in [6, 6.07) is 6.47. The van der Waals surface area contributed by atoms with Crippen molar-refractivity contribution in [3.05, 3.63) is 59.1 Å². The van der Waals surface area contributed by atoms with E-state index in [2.05, 4.69) is 0 Å². The molecule has 1 aromatic carbocycles. The first kappa shape index (κ1) is 11.9. The number of nitrogens with two attached hydrogens (primary N) is 1. The Balaban J connectivity index is 1.91. The molecule has 3 heteroatoms. The van der Waals surface area contributed by atoms with Gasteiger partial charge in [0.25, 0.3) is 0 Å². The van der Waals surface area contributed by atoms with Gasteiger partial charge in [-0.2, -0.15) is 0 Å². The van der Waals surface area contributed by atoms with E-state index in [4.69, 9.17) is 10.5 Å². The third-order valence-electron chi connectivity index (χ3n) is 2.77. The van der Waals surface area contributed by atoms with E-state index in [1.165, 1.54) is 17.7 Å². The second-order valence-corrected chi connectivity index (χ2v) is 4.08. The zero-order chi connectivity index (χ0) is 12.1. The lowest BCUT2D eigenvalue weighted by molar-refractivity contribution is 0.187. The van der Waals surface area contributed by atoms with E-state index >= 15 is 0 Å². The molecular formula is C14H16FNO. The summed E-state index contributed by atoms with van der Waals surface area (Å²) < 4.78 is 18.6. The van der Waals surface area contributed by atoms with Crippen molar-refractivity contribution in [1.82, 2.24) is 0 Å². The zero-order valence-electron chi connectivity index (χ0n) is 9.66. The zero-order valence-corrected chi connectivity index (χ0v) is 9.66. The minimum absolute atomic E-state index is 0.228. The number of halogens is 1. The molecule has 1 aliphatic rings. The minimum atomic E-state index is -0.228. The predicted molar refractivity (Wildman–Crippen MR) is 65.6 cm³/mol. The van der Waals surface area contributed by atoms with Crippen LogP contribution in [0.1, 0.15) is 18.4 Å². The second-order valence-electron chi connectivity index (χ2n) is 4.08. The molecule has 0 aromatic heterocycles. The van der Waals surface area contributed by atoms with Crippen LogP contribution in [0.15, 0.2) is 47.7 Å². The molecule has 2 N–H and O–H groups in total. The van der Waals surface area contributed by atoms with E-state index in [1.54, 1.807) is 6.07 Å². The van der Waals surface area contributed by atoms with E-state index in [0.29, 0.717) is 13.2 Å². The van der Waals surface area contributed by atoms with Crippen LogP contribution < -0.4 is 5.73 Å². The van der Waals surface area contributed by atoms with Gasteiger partial charge in [0.15, 0.2) is 0 Å². The Labute approximate surface area is 101 Å². The Morgan fingerprint density at radius 1 is 1.24 bits per heavy atom. The molecule has 2 nitrogen and oxygen atoms in total. The molecule has 0 radical (unpaired) electrons. The monoisotopic (exact) mass is 233 g/mol. The third-order valence-corrected chi connectivity index (χ3v) is 2.77. The molecule has 90 valence electrons. The molecule has 0 atom stereocenters. The molecule has 0 heterocycles. The average molecular weight is 233 g/mol. The fourth-order valence-corrected chi connectivity index (χ4v) is 1.75. The second kappa shape index (κ2) is 5.64. The Morgan fingerprint density at radius 2 is 2.12 bits per heavy atom. The van der Waals surface area contributed by atoms with Crippen molar-refractivity contribution in [3.8, 4) is 0 Å². The van der Waals surface area contributed by atoms with Crippen LogP contribution in [-0.2, 0) is 11.3 Å². The fraction of sp³-hybridized carbons (Fsp3) is 0.286. The molecule has 0 aliphatic heterocycles. The Kier molecular flexibility index (Phi) is 3.94. The van der Waals surface area contributed by atoms with Crippen molar-refractivity contribution in [1.29, 1.82) is 0 Å². The third kappa shape index (κ3) is 3.43. The lowest BCUT2D eigenvalue weighted by atomic mass is 10.0. The van der Waals surface area contributed by atoms with E-state index in [9.17, 15) is 4.39 Å². The molecule has 1 aliphatic carbocycles. The summed E-state index contributed by atoms with van der Waals surface area (Å²) in [4.78, 5) is 0. The van der Waals surface area contributed by atoms with Crippen LogP contribution in [0.2, 0.25) is 0 Å². The van der Waals surface area contributed by atoms with Crippen molar-refractivity contribution in [3.63, 3.8) is 0 Å². The molecule has 0 spiro atoms. The first-order valence-corrected chi connectivity index (χ1v) is 5.74. The van der Waals surface area contributed by atoms with Crippen molar-refractivity contribution in [2.75, 3.05) is 6.54 Å². The maximum atomic E-state index is 12.9. The van der Waals surface area contributed by atoms with Gasteiger partial charge in [0.05, 0.1) is 5.76 Å². The quantitative estimate of drug-likeness (QED) is 0.867. The van der Waals surface area contributed by atoms with Crippen molar-refractivity contribution in [2.45, 2.75) is 19.4 Å². The number of benzene rings is 1. The van der Waals surface area contributed by atoms with Crippen LogP contribution in [-0.4, -0.2) is 6.54 Å². The van der Waals surface area contributed by atoms with Gasteiger partial charge < -0.3 is 10.5 Å². The molecule has 0 amide bonds. The van der Waals surface area contributed by atoms with Gasteiger partial charge in [0.1, 0.15) is 12.4 Å². The summed E-state index contributed by atoms with van der Waals surface area (Å²) in [7, 11) is 0. The molecule has 0 unspecified atom stereocenters. The van der Waals surface area contributed by atoms with E-state index in [0.717, 1.165) is 24.2 Å². The Hall–Kier alpha value is -1.61. The number of ether oxygens (including phenoxy) is 1. The standard InChI is InChI=1S/C14H16FNO/c15-13-3-1-2-12(8-13)10-17-14-6-4-11(9-16)5-7-14/h1-4,6,8H,5,7,9-10,16H2. The van der Waals surface area contributed by atoms with Crippen LogP contribution in [0, 0.1) is 5.82 Å². The van der Waals surface area contributed by atoms with Gasteiger partial charge >= 0.3 is 0 Å². The summed E-state index contributed by atoms with van der Waals surface area (Å²) >= 11 is 0. The molecule has 0 saturated carbocycles. The highest BCUT2D eigenvalue weighted by Gasteiger charge is 2.06. The van der Waals surface area contributed by atoms with Gasteiger partial charge in [0, 0.05) is 13.0 Å². The Morgan fingerprint density at radius 3 is 2.76 bits per heavy atom. The SMILES string of the molecule is NCC1=CC=C(OCc2cccc(F)c2)CC1. The van der Waals surface area contributed by atoms with Crippen molar-refractivity contribution < 1.29 is 9.13 Å². The number of allylic oxidation sites excluding steroid dienone is 3. The average Bonchev–Trinajstić information content (AvgIpc) is 2.37. The van der Waals surface area contributed by atoms with Gasteiger partial charge in [-0.15, -0.1) is 0 Å². The van der Waals surface area contributed by atoms with Crippen LogP contribution in [0.25, 0.3) is 0 Å². The largest absolute Gasteiger partial charge is 0.493 e. The first-order chi connectivity index (χ1) is 8.28. The first-order valence-electron chi connectivity index (χ1n) is 5.74. The predicted octanol–water partition coefficient (Wildman–Crippen LogP) is 2.91. The van der Waals surface area contributed by atoms with E-state index < -0.39 is 0 Å². The summed E-state index contributed by atoms with van der Waals surface area (Å²) in [6.07, 6.45) is 5.78. The van der Waals surface area contributed by atoms with Gasteiger partial charge in [-0.25, -0.2) is 4.39 Å². The van der Waals surface area contributed by atoms with E-state index in [-0.39, 0.29) is 5.82 Å². The van der Waals surface area contributed by atoms with Gasteiger partial charge in [-0.3, -0.25) is 0 Å². The summed E-state index contributed by atoms with van der Waals surface area (Å²) in [6.45, 7) is 1.02. The molecular weight excluding hydrogens is 217 g/mol. The van der Waals surface area contributed by atoms with Crippen LogP contribution >= 0.6 is 0 Å². The fourth-order valence-electron chi connectivity index (χ4n) is 1.75. The lowest BCUT2D eigenvalue weighted by Crippen LogP contribution is -2.06. The molecule has 0 saturated heterocycles. The highest BCUT2D eigenvalue weighted by atomic mass is 19.1. The molecule has 1 aromatic rings. The highest BCUT2D eigenvalue weighted by Crippen LogP contribution is 2.19. The molecule has 17 heavy (non-hydrogen) atoms. The summed E-state index contributed by atoms with van der Waals surface area (Å²) in [5.41, 5.74) is 7.64. The lowest BCUT2D eigenvalue weighted by Gasteiger charge is -2.14. The van der Waals surface area contributed by atoms with Crippen LogP contribution in [0.4, 0.5) is 4.39 Å². The number of hydrogen-bond donors (Lipinski definition) is 1. The topological polar surface area (TPSA) is 35.2 Å². The maximum absolute atomic E-state index is 12.9. The van der Waals surface area contributed by atoms with Crippen molar-refractivity contribution >= 4 is 0 Å². The summed E-state index contributed by atoms with van der Waals surface area (Å²) in [5.74, 6) is 0.709. The van der Waals surface area contributed by atoms with Gasteiger partial charge in [-0.1, -0.05) is 23.8 Å². The molecule has 0 fully saturated rings.